The Morgan fingerprint density at radius 2 is 2.00 bits per heavy atom. The third-order valence-electron chi connectivity index (χ3n) is 3.92. The molecule has 0 fully saturated rings. The Morgan fingerprint density at radius 3 is 2.75 bits per heavy atom. The van der Waals surface area contributed by atoms with E-state index in [9.17, 15) is 9.00 Å². The Bertz CT molecular complexity index is 1020. The van der Waals surface area contributed by atoms with E-state index >= 15 is 0 Å². The van der Waals surface area contributed by atoms with Crippen molar-refractivity contribution in [3.63, 3.8) is 0 Å². The second-order valence-corrected chi connectivity index (χ2v) is 9.06. The highest BCUT2D eigenvalue weighted by Gasteiger charge is 2.24. The molecule has 1 unspecified atom stereocenters. The van der Waals surface area contributed by atoms with E-state index in [1.165, 1.54) is 16.0 Å². The van der Waals surface area contributed by atoms with Gasteiger partial charge in [0, 0.05) is 27.3 Å². The molecule has 0 aliphatic carbocycles. The number of hydrogen-bond acceptors (Lipinski definition) is 4. The summed E-state index contributed by atoms with van der Waals surface area (Å²) in [6.07, 6.45) is 0.589. The molecular weight excluding hydrogens is 364 g/mol. The molecule has 0 saturated carbocycles. The topological polar surface area (TPSA) is 52.0 Å². The Balaban J connectivity index is 1.97. The van der Waals surface area contributed by atoms with Crippen LogP contribution in [0.25, 0.3) is 16.9 Å². The highest BCUT2D eigenvalue weighted by atomic mass is 35.5. The number of hydrogen-bond donors (Lipinski definition) is 0. The Morgan fingerprint density at radius 1 is 1.25 bits per heavy atom. The van der Waals surface area contributed by atoms with Crippen LogP contribution in [0.3, 0.4) is 0 Å². The van der Waals surface area contributed by atoms with Crippen molar-refractivity contribution in [2.24, 2.45) is 0 Å². The summed E-state index contributed by atoms with van der Waals surface area (Å²) >= 11 is 7.46. The summed E-state index contributed by atoms with van der Waals surface area (Å²) in [7, 11) is -1.05. The van der Waals surface area contributed by atoms with E-state index in [-0.39, 0.29) is 5.56 Å². The van der Waals surface area contributed by atoms with Crippen LogP contribution in [-0.2, 0) is 17.2 Å². The van der Waals surface area contributed by atoms with Crippen molar-refractivity contribution in [2.45, 2.75) is 17.6 Å². The van der Waals surface area contributed by atoms with E-state index in [0.717, 1.165) is 25.9 Å². The third kappa shape index (κ3) is 2.64. The average molecular weight is 377 g/mol. The molecule has 1 aliphatic rings. The van der Waals surface area contributed by atoms with Gasteiger partial charge >= 0.3 is 0 Å². The zero-order valence-corrected chi connectivity index (χ0v) is 15.2. The number of benzene rings is 1. The summed E-state index contributed by atoms with van der Waals surface area (Å²) in [6, 6.07) is 10.6. The van der Waals surface area contributed by atoms with Crippen molar-refractivity contribution >= 4 is 33.7 Å². The number of rotatable bonds is 1. The molecule has 2 aromatic heterocycles. The number of thiophene rings is 1. The quantitative estimate of drug-likeness (QED) is 0.652. The van der Waals surface area contributed by atoms with Gasteiger partial charge in [0.2, 0.25) is 0 Å². The maximum atomic E-state index is 12.5. The Labute approximate surface area is 150 Å². The summed E-state index contributed by atoms with van der Waals surface area (Å²) < 4.78 is 14.7. The molecule has 1 aromatic carbocycles. The van der Waals surface area contributed by atoms with Crippen LogP contribution in [0.15, 0.2) is 45.4 Å². The highest BCUT2D eigenvalue weighted by Crippen LogP contribution is 2.37. The van der Waals surface area contributed by atoms with Gasteiger partial charge in [0.25, 0.3) is 5.56 Å². The van der Waals surface area contributed by atoms with E-state index in [1.54, 1.807) is 30.3 Å². The van der Waals surface area contributed by atoms with Crippen LogP contribution >= 0.6 is 22.9 Å². The SMILES string of the molecule is Cc1cc2c(s1)S(=O)CCc1cc(=O)n(-c3ccc(Cl)cc3)nc1-2. The summed E-state index contributed by atoms with van der Waals surface area (Å²) in [5.74, 6) is 0.520. The molecule has 4 rings (SSSR count). The zero-order valence-electron chi connectivity index (χ0n) is 12.8. The molecule has 7 heteroatoms. The van der Waals surface area contributed by atoms with Crippen molar-refractivity contribution in [2.75, 3.05) is 5.75 Å². The zero-order chi connectivity index (χ0) is 16.8. The van der Waals surface area contributed by atoms with Crippen LogP contribution in [0.4, 0.5) is 0 Å². The monoisotopic (exact) mass is 376 g/mol. The smallest absolute Gasteiger partial charge is 0.267 e. The van der Waals surface area contributed by atoms with Gasteiger partial charge in [-0.15, -0.1) is 11.3 Å². The molecule has 0 amide bonds. The van der Waals surface area contributed by atoms with E-state index in [4.69, 9.17) is 11.6 Å². The van der Waals surface area contributed by atoms with Gasteiger partial charge in [-0.1, -0.05) is 11.6 Å². The van der Waals surface area contributed by atoms with E-state index < -0.39 is 10.8 Å². The van der Waals surface area contributed by atoms with Crippen molar-refractivity contribution in [1.29, 1.82) is 0 Å². The second-order valence-electron chi connectivity index (χ2n) is 5.60. The van der Waals surface area contributed by atoms with Gasteiger partial charge in [0.1, 0.15) is 4.21 Å². The van der Waals surface area contributed by atoms with E-state index in [1.807, 2.05) is 13.0 Å². The highest BCUT2D eigenvalue weighted by molar-refractivity contribution is 7.87. The fourth-order valence-corrected chi connectivity index (χ4v) is 5.67. The number of halogens is 1. The Hall–Kier alpha value is -1.76. The van der Waals surface area contributed by atoms with Gasteiger partial charge in [-0.25, -0.2) is 0 Å². The maximum absolute atomic E-state index is 12.5. The first-order chi connectivity index (χ1) is 11.5. The summed E-state index contributed by atoms with van der Waals surface area (Å²) in [5.41, 5.74) is 2.94. The first kappa shape index (κ1) is 15.7. The van der Waals surface area contributed by atoms with Gasteiger partial charge in [-0.3, -0.25) is 9.00 Å². The van der Waals surface area contributed by atoms with Crippen LogP contribution in [0.2, 0.25) is 5.02 Å². The molecule has 122 valence electrons. The van der Waals surface area contributed by atoms with E-state index in [0.29, 0.717) is 22.9 Å². The van der Waals surface area contributed by atoms with Gasteiger partial charge in [-0.2, -0.15) is 9.78 Å². The molecule has 0 radical (unpaired) electrons. The number of aromatic nitrogens is 2. The molecule has 24 heavy (non-hydrogen) atoms. The van der Waals surface area contributed by atoms with Gasteiger partial charge in [0.15, 0.2) is 0 Å². The normalized spacial score (nSPS) is 16.3. The molecule has 4 nitrogen and oxygen atoms in total. The molecule has 1 atom stereocenters. The van der Waals surface area contributed by atoms with Crippen LogP contribution in [-0.4, -0.2) is 19.7 Å². The maximum Gasteiger partial charge on any atom is 0.271 e. The van der Waals surface area contributed by atoms with Crippen molar-refractivity contribution in [3.8, 4) is 16.9 Å². The van der Waals surface area contributed by atoms with Gasteiger partial charge in [-0.05, 0) is 49.2 Å². The van der Waals surface area contributed by atoms with Crippen molar-refractivity contribution in [3.05, 3.63) is 62.2 Å². The summed E-state index contributed by atoms with van der Waals surface area (Å²) in [6.45, 7) is 1.99. The molecule has 1 aliphatic heterocycles. The lowest BCUT2D eigenvalue weighted by Gasteiger charge is -2.10. The van der Waals surface area contributed by atoms with Crippen LogP contribution in [0.5, 0.6) is 0 Å². The van der Waals surface area contributed by atoms with Crippen molar-refractivity contribution < 1.29 is 4.21 Å². The third-order valence-corrected chi connectivity index (χ3v) is 7.03. The second kappa shape index (κ2) is 5.95. The summed E-state index contributed by atoms with van der Waals surface area (Å²) in [5, 5.41) is 5.20. The minimum atomic E-state index is -1.05. The standard InChI is InChI=1S/C17H13ClN2O2S2/c1-10-8-14-16-11(6-7-24(22)17(14)23-10)9-15(21)20(19-16)13-4-2-12(18)3-5-13/h2-5,8-9H,6-7H2,1H3. The molecular formula is C17H13ClN2O2S2. The lowest BCUT2D eigenvalue weighted by molar-refractivity contribution is 0.684. The fraction of sp³-hybridized carbons (Fsp3) is 0.176. The number of nitrogens with zero attached hydrogens (tertiary/aromatic N) is 2. The number of aryl methyl sites for hydroxylation is 2. The molecule has 0 saturated heterocycles. The lowest BCUT2D eigenvalue weighted by atomic mass is 10.1. The number of fused-ring (bicyclic) bond motifs is 3. The Kier molecular flexibility index (Phi) is 3.90. The molecule has 3 aromatic rings. The summed E-state index contributed by atoms with van der Waals surface area (Å²) in [4.78, 5) is 13.6. The fourth-order valence-electron chi connectivity index (χ4n) is 2.80. The predicted octanol–water partition coefficient (Wildman–Crippen LogP) is 3.59. The van der Waals surface area contributed by atoms with E-state index in [2.05, 4.69) is 5.10 Å². The van der Waals surface area contributed by atoms with Gasteiger partial charge in [0.05, 0.1) is 22.2 Å². The van der Waals surface area contributed by atoms with Gasteiger partial charge < -0.3 is 0 Å². The molecule has 0 N–H and O–H groups in total. The minimum Gasteiger partial charge on any atom is -0.267 e. The largest absolute Gasteiger partial charge is 0.271 e. The molecule has 3 heterocycles. The minimum absolute atomic E-state index is 0.197. The molecule has 0 bridgehead atoms. The van der Waals surface area contributed by atoms with Crippen molar-refractivity contribution in [1.82, 2.24) is 9.78 Å². The molecule has 0 spiro atoms. The van der Waals surface area contributed by atoms with Crippen LogP contribution in [0.1, 0.15) is 10.4 Å². The van der Waals surface area contributed by atoms with Crippen LogP contribution < -0.4 is 5.56 Å². The predicted molar refractivity (Wildman–Crippen MR) is 97.9 cm³/mol. The lowest BCUT2D eigenvalue weighted by Crippen LogP contribution is -2.22. The first-order valence-electron chi connectivity index (χ1n) is 7.41. The average Bonchev–Trinajstić information content (AvgIpc) is 2.90. The first-order valence-corrected chi connectivity index (χ1v) is 9.92. The van der Waals surface area contributed by atoms with Crippen LogP contribution in [0, 0.1) is 6.92 Å².